The van der Waals surface area contributed by atoms with E-state index in [-0.39, 0.29) is 16.8 Å². The van der Waals surface area contributed by atoms with Crippen molar-refractivity contribution in [2.45, 2.75) is 38.4 Å². The highest BCUT2D eigenvalue weighted by Gasteiger charge is 2.42. The molecule has 1 aliphatic rings. The van der Waals surface area contributed by atoms with Crippen LogP contribution in [0.25, 0.3) is 21.5 Å². The van der Waals surface area contributed by atoms with Gasteiger partial charge in [-0.25, -0.2) is 4.98 Å². The minimum atomic E-state index is -4.43. The molecule has 0 unspecified atom stereocenters. The standard InChI is InChI=1S/C20H19F3N2S/c1-11-19(2,3)14-8-12-13(20(21,22)23)9-16(18-6-5-7-26-18)24-15(12)10-17(14)25(11)4/h5-11H,1-4H3/t11-/m1/s1. The number of halogens is 3. The van der Waals surface area contributed by atoms with Crippen LogP contribution < -0.4 is 4.90 Å². The first-order valence-corrected chi connectivity index (χ1v) is 9.32. The van der Waals surface area contributed by atoms with E-state index in [2.05, 4.69) is 30.7 Å². The maximum atomic E-state index is 13.8. The van der Waals surface area contributed by atoms with Crippen molar-refractivity contribution in [1.29, 1.82) is 0 Å². The summed E-state index contributed by atoms with van der Waals surface area (Å²) < 4.78 is 41.4. The quantitative estimate of drug-likeness (QED) is 0.510. The summed E-state index contributed by atoms with van der Waals surface area (Å²) in [6.45, 7) is 6.25. The van der Waals surface area contributed by atoms with Crippen molar-refractivity contribution in [2.75, 3.05) is 11.9 Å². The summed E-state index contributed by atoms with van der Waals surface area (Å²) in [5, 5.41) is 2.02. The molecule has 6 heteroatoms. The second kappa shape index (κ2) is 5.46. The molecule has 0 saturated carbocycles. The molecule has 1 atom stereocenters. The number of fused-ring (bicyclic) bond motifs is 2. The second-order valence-electron chi connectivity index (χ2n) is 7.43. The topological polar surface area (TPSA) is 16.1 Å². The van der Waals surface area contributed by atoms with Gasteiger partial charge >= 0.3 is 6.18 Å². The van der Waals surface area contributed by atoms with E-state index >= 15 is 0 Å². The van der Waals surface area contributed by atoms with Gasteiger partial charge in [0, 0.05) is 29.6 Å². The highest BCUT2D eigenvalue weighted by Crippen LogP contribution is 2.47. The number of rotatable bonds is 1. The first-order valence-electron chi connectivity index (χ1n) is 8.44. The molecule has 0 bridgehead atoms. The van der Waals surface area contributed by atoms with Crippen LogP contribution in [0.3, 0.4) is 0 Å². The molecule has 4 rings (SSSR count). The fraction of sp³-hybridized carbons (Fsp3) is 0.350. The summed E-state index contributed by atoms with van der Waals surface area (Å²) >= 11 is 1.39. The maximum Gasteiger partial charge on any atom is 0.417 e. The van der Waals surface area contributed by atoms with E-state index in [1.54, 1.807) is 12.1 Å². The van der Waals surface area contributed by atoms with E-state index in [4.69, 9.17) is 0 Å². The van der Waals surface area contributed by atoms with Gasteiger partial charge in [0.05, 0.1) is 21.7 Å². The molecule has 0 N–H and O–H groups in total. The first kappa shape index (κ1) is 17.3. The molecule has 2 aromatic heterocycles. The number of benzene rings is 1. The summed E-state index contributed by atoms with van der Waals surface area (Å²) in [6.07, 6.45) is -4.43. The van der Waals surface area contributed by atoms with Crippen LogP contribution in [0.4, 0.5) is 18.9 Å². The van der Waals surface area contributed by atoms with Gasteiger partial charge in [-0.3, -0.25) is 0 Å². The fourth-order valence-corrected chi connectivity index (χ4v) is 4.46. The monoisotopic (exact) mass is 376 g/mol. The first-order chi connectivity index (χ1) is 12.1. The zero-order valence-electron chi connectivity index (χ0n) is 15.0. The van der Waals surface area contributed by atoms with E-state index in [0.717, 1.165) is 16.1 Å². The lowest BCUT2D eigenvalue weighted by atomic mass is 9.80. The van der Waals surface area contributed by atoms with Crippen LogP contribution in [0.15, 0.2) is 35.7 Å². The highest BCUT2D eigenvalue weighted by atomic mass is 32.1. The number of nitrogens with zero attached hydrogens (tertiary/aromatic N) is 2. The number of anilines is 1. The zero-order valence-corrected chi connectivity index (χ0v) is 15.8. The van der Waals surface area contributed by atoms with Crippen LogP contribution in [0.2, 0.25) is 0 Å². The van der Waals surface area contributed by atoms with Crippen molar-refractivity contribution in [3.63, 3.8) is 0 Å². The van der Waals surface area contributed by atoms with E-state index in [1.807, 2.05) is 24.6 Å². The molecule has 3 aromatic rings. The Labute approximate surface area is 154 Å². The summed E-state index contributed by atoms with van der Waals surface area (Å²) in [5.41, 5.74) is 1.81. The van der Waals surface area contributed by atoms with E-state index < -0.39 is 11.7 Å². The van der Waals surface area contributed by atoms with Gasteiger partial charge in [-0.15, -0.1) is 11.3 Å². The van der Waals surface area contributed by atoms with Crippen LogP contribution >= 0.6 is 11.3 Å². The lowest BCUT2D eigenvalue weighted by Gasteiger charge is -2.28. The average Bonchev–Trinajstić information content (AvgIpc) is 3.16. The molecule has 0 saturated heterocycles. The Balaban J connectivity index is 2.06. The Kier molecular flexibility index (Phi) is 3.64. The zero-order chi connectivity index (χ0) is 18.9. The molecule has 0 radical (unpaired) electrons. The molecule has 0 amide bonds. The van der Waals surface area contributed by atoms with Gasteiger partial charge in [-0.05, 0) is 42.1 Å². The van der Waals surface area contributed by atoms with Gasteiger partial charge in [0.25, 0.3) is 0 Å². The fourth-order valence-electron chi connectivity index (χ4n) is 3.77. The van der Waals surface area contributed by atoms with Gasteiger partial charge in [0.15, 0.2) is 0 Å². The van der Waals surface area contributed by atoms with Crippen molar-refractivity contribution >= 4 is 27.9 Å². The normalized spacial score (nSPS) is 19.2. The number of hydrogen-bond acceptors (Lipinski definition) is 3. The minimum Gasteiger partial charge on any atom is -0.371 e. The van der Waals surface area contributed by atoms with Crippen LogP contribution in [0, 0.1) is 0 Å². The van der Waals surface area contributed by atoms with Gasteiger partial charge in [0.1, 0.15) is 0 Å². The number of likely N-dealkylation sites (N-methyl/N-ethyl adjacent to an activating group) is 1. The largest absolute Gasteiger partial charge is 0.417 e. The summed E-state index contributed by atoms with van der Waals surface area (Å²) in [6, 6.07) is 8.49. The van der Waals surface area contributed by atoms with Crippen molar-refractivity contribution in [2.24, 2.45) is 0 Å². The molecular formula is C20H19F3N2S. The van der Waals surface area contributed by atoms with E-state index in [9.17, 15) is 13.2 Å². The summed E-state index contributed by atoms with van der Waals surface area (Å²) in [5.74, 6) is 0. The summed E-state index contributed by atoms with van der Waals surface area (Å²) in [4.78, 5) is 7.42. The molecule has 0 aliphatic carbocycles. The lowest BCUT2D eigenvalue weighted by Crippen LogP contribution is -2.36. The Morgan fingerprint density at radius 3 is 2.54 bits per heavy atom. The Hall–Kier alpha value is -2.08. The van der Waals surface area contributed by atoms with Gasteiger partial charge in [-0.2, -0.15) is 13.2 Å². The average molecular weight is 376 g/mol. The van der Waals surface area contributed by atoms with Crippen LogP contribution in [-0.2, 0) is 11.6 Å². The maximum absolute atomic E-state index is 13.8. The third kappa shape index (κ3) is 2.42. The molecule has 3 heterocycles. The second-order valence-corrected chi connectivity index (χ2v) is 8.37. The number of thiophene rings is 1. The minimum absolute atomic E-state index is 0.173. The Bertz CT molecular complexity index is 990. The van der Waals surface area contributed by atoms with E-state index in [0.29, 0.717) is 11.2 Å². The number of pyridine rings is 1. The molecule has 1 aliphatic heterocycles. The third-order valence-corrected chi connectivity index (χ3v) is 6.60. The number of alkyl halides is 3. The van der Waals surface area contributed by atoms with Crippen LogP contribution in [0.1, 0.15) is 31.9 Å². The van der Waals surface area contributed by atoms with Gasteiger partial charge in [0.2, 0.25) is 0 Å². The molecule has 2 nitrogen and oxygen atoms in total. The van der Waals surface area contributed by atoms with Crippen molar-refractivity contribution < 1.29 is 13.2 Å². The lowest BCUT2D eigenvalue weighted by molar-refractivity contribution is -0.136. The molecular weight excluding hydrogens is 357 g/mol. The number of hydrogen-bond donors (Lipinski definition) is 0. The van der Waals surface area contributed by atoms with Gasteiger partial charge in [-0.1, -0.05) is 19.9 Å². The Morgan fingerprint density at radius 2 is 1.92 bits per heavy atom. The molecule has 1 aromatic carbocycles. The molecule has 0 spiro atoms. The number of aromatic nitrogens is 1. The van der Waals surface area contributed by atoms with Crippen LogP contribution in [0.5, 0.6) is 0 Å². The van der Waals surface area contributed by atoms with Crippen molar-refractivity contribution in [3.8, 4) is 10.6 Å². The van der Waals surface area contributed by atoms with Gasteiger partial charge < -0.3 is 4.90 Å². The highest BCUT2D eigenvalue weighted by molar-refractivity contribution is 7.13. The predicted octanol–water partition coefficient (Wildman–Crippen LogP) is 6.10. The van der Waals surface area contributed by atoms with Crippen LogP contribution in [-0.4, -0.2) is 18.1 Å². The molecule has 136 valence electrons. The smallest absolute Gasteiger partial charge is 0.371 e. The van der Waals surface area contributed by atoms with E-state index in [1.165, 1.54) is 17.4 Å². The summed E-state index contributed by atoms with van der Waals surface area (Å²) in [7, 11) is 1.98. The Morgan fingerprint density at radius 1 is 1.19 bits per heavy atom. The van der Waals surface area contributed by atoms with Crippen molar-refractivity contribution in [1.82, 2.24) is 4.98 Å². The predicted molar refractivity (Wildman–Crippen MR) is 101 cm³/mol. The SMILES string of the molecule is C[C@H]1N(C)c2cc3nc(-c4cccs4)cc(C(F)(F)F)c3cc2C1(C)C. The third-order valence-electron chi connectivity index (χ3n) is 5.70. The van der Waals surface area contributed by atoms with Crippen molar-refractivity contribution in [3.05, 3.63) is 46.8 Å². The molecule has 0 fully saturated rings. The molecule has 26 heavy (non-hydrogen) atoms.